The SMILES string of the molecule is CC1(C)CC(NC=C2C=CC=CC2=O)CC(C)(C)N1O.CC1(C)CC(NC=C2C=CC=CC2=O)CC(C)(C)N1O.[Co]. The van der Waals surface area contributed by atoms with Gasteiger partial charge in [-0.2, -0.15) is 10.1 Å². The Bertz CT molecular complexity index is 1030. The summed E-state index contributed by atoms with van der Waals surface area (Å²) in [5.41, 5.74) is 0.201. The van der Waals surface area contributed by atoms with Crippen LogP contribution in [0.2, 0.25) is 0 Å². The molecule has 2 saturated heterocycles. The molecule has 1 radical (unpaired) electrons. The maximum Gasteiger partial charge on any atom is 0.187 e. The minimum atomic E-state index is -0.287. The average Bonchev–Trinajstić information content (AvgIpc) is 2.85. The van der Waals surface area contributed by atoms with E-state index in [4.69, 9.17) is 0 Å². The van der Waals surface area contributed by atoms with Crippen molar-refractivity contribution in [2.75, 3.05) is 0 Å². The second-order valence-corrected chi connectivity index (χ2v) is 13.8. The minimum Gasteiger partial charge on any atom is -0.387 e. The van der Waals surface area contributed by atoms with Gasteiger partial charge in [-0.3, -0.25) is 9.59 Å². The molecule has 41 heavy (non-hydrogen) atoms. The van der Waals surface area contributed by atoms with E-state index in [9.17, 15) is 20.0 Å². The number of piperidine rings is 2. The van der Waals surface area contributed by atoms with Gasteiger partial charge in [-0.1, -0.05) is 24.3 Å². The number of hydrogen-bond acceptors (Lipinski definition) is 8. The van der Waals surface area contributed by atoms with Crippen molar-refractivity contribution in [3.05, 3.63) is 72.2 Å². The zero-order chi connectivity index (χ0) is 29.9. The number of carbonyl (C=O) groups is 2. The average molecular weight is 612 g/mol. The van der Waals surface area contributed by atoms with Crippen LogP contribution in [-0.4, -0.2) is 66.3 Å². The Hall–Kier alpha value is -2.27. The van der Waals surface area contributed by atoms with Crippen molar-refractivity contribution in [2.45, 2.75) is 115 Å². The van der Waals surface area contributed by atoms with Crippen LogP contribution >= 0.6 is 0 Å². The molecule has 2 heterocycles. The largest absolute Gasteiger partial charge is 0.387 e. The molecule has 229 valence electrons. The van der Waals surface area contributed by atoms with Crippen molar-refractivity contribution in [3.63, 3.8) is 0 Å². The van der Waals surface area contributed by atoms with Crippen LogP contribution in [0, 0.1) is 0 Å². The van der Waals surface area contributed by atoms with Crippen LogP contribution in [0.15, 0.2) is 72.2 Å². The van der Waals surface area contributed by atoms with E-state index in [1.807, 2.05) is 79.7 Å². The molecule has 4 N–H and O–H groups in total. The van der Waals surface area contributed by atoms with E-state index >= 15 is 0 Å². The molecule has 0 amide bonds. The van der Waals surface area contributed by atoms with E-state index in [0.29, 0.717) is 11.1 Å². The summed E-state index contributed by atoms with van der Waals surface area (Å²) in [6.07, 6.45) is 20.9. The second kappa shape index (κ2) is 13.4. The molecule has 4 aliphatic rings. The first-order valence-corrected chi connectivity index (χ1v) is 14.1. The third-order valence-corrected chi connectivity index (χ3v) is 8.06. The van der Waals surface area contributed by atoms with Crippen molar-refractivity contribution in [1.82, 2.24) is 20.8 Å². The fourth-order valence-corrected chi connectivity index (χ4v) is 6.39. The number of hydroxylamine groups is 4. The fraction of sp³-hybridized carbons (Fsp3) is 0.562. The fourth-order valence-electron chi connectivity index (χ4n) is 6.39. The van der Waals surface area contributed by atoms with Gasteiger partial charge >= 0.3 is 0 Å². The van der Waals surface area contributed by atoms with Crippen molar-refractivity contribution in [3.8, 4) is 0 Å². The van der Waals surface area contributed by atoms with Gasteiger partial charge in [0.2, 0.25) is 0 Å². The van der Waals surface area contributed by atoms with Gasteiger partial charge in [-0.15, -0.1) is 0 Å². The zero-order valence-electron chi connectivity index (χ0n) is 25.7. The maximum atomic E-state index is 11.7. The molecule has 2 aliphatic heterocycles. The van der Waals surface area contributed by atoms with Crippen molar-refractivity contribution < 1.29 is 36.8 Å². The molecule has 0 aromatic heterocycles. The standard InChI is InChI=1S/2C16H24N2O2.Co/c2*1-15(2)9-13(10-16(3,4)18(15)20)17-11-12-7-5-6-8-14(12)19;/h2*5-8,11,13,17,20H,9-10H2,1-4H3;. The molecular weight excluding hydrogens is 563 g/mol. The van der Waals surface area contributed by atoms with Crippen LogP contribution < -0.4 is 10.6 Å². The summed E-state index contributed by atoms with van der Waals surface area (Å²) in [5.74, 6) is 0.0521. The smallest absolute Gasteiger partial charge is 0.187 e. The molecule has 8 nitrogen and oxygen atoms in total. The molecule has 0 unspecified atom stereocenters. The first kappa shape index (κ1) is 34.9. The molecule has 0 aromatic rings. The Morgan fingerprint density at radius 2 is 0.878 bits per heavy atom. The molecule has 0 atom stereocenters. The topological polar surface area (TPSA) is 105 Å². The van der Waals surface area contributed by atoms with Crippen LogP contribution in [0.25, 0.3) is 0 Å². The van der Waals surface area contributed by atoms with E-state index in [1.54, 1.807) is 36.7 Å². The molecule has 0 bridgehead atoms. The van der Waals surface area contributed by atoms with Crippen LogP contribution in [0.5, 0.6) is 0 Å². The predicted molar refractivity (Wildman–Crippen MR) is 159 cm³/mol. The number of nitrogens with zero attached hydrogens (tertiary/aromatic N) is 2. The number of hydrogen-bond donors (Lipinski definition) is 4. The first-order valence-electron chi connectivity index (χ1n) is 14.1. The summed E-state index contributed by atoms with van der Waals surface area (Å²) in [6, 6.07) is 0.478. The van der Waals surface area contributed by atoms with Gasteiger partial charge in [-0.05, 0) is 105 Å². The number of allylic oxidation sites excluding steroid dienone is 10. The van der Waals surface area contributed by atoms with E-state index in [1.165, 1.54) is 10.1 Å². The zero-order valence-corrected chi connectivity index (χ0v) is 26.7. The van der Waals surface area contributed by atoms with Gasteiger partial charge in [0.15, 0.2) is 11.6 Å². The molecule has 0 spiro atoms. The van der Waals surface area contributed by atoms with E-state index in [2.05, 4.69) is 10.6 Å². The molecule has 2 fully saturated rings. The monoisotopic (exact) mass is 611 g/mol. The Balaban J connectivity index is 0.000000280. The molecule has 9 heteroatoms. The van der Waals surface area contributed by atoms with Crippen LogP contribution in [0.3, 0.4) is 0 Å². The van der Waals surface area contributed by atoms with Gasteiger partial charge in [0, 0.05) is 74.6 Å². The van der Waals surface area contributed by atoms with Crippen LogP contribution in [0.4, 0.5) is 0 Å². The van der Waals surface area contributed by atoms with E-state index in [0.717, 1.165) is 25.7 Å². The number of carbonyl (C=O) groups excluding carboxylic acids is 2. The summed E-state index contributed by atoms with van der Waals surface area (Å²) in [6.45, 7) is 16.3. The van der Waals surface area contributed by atoms with Gasteiger partial charge < -0.3 is 21.0 Å². The summed E-state index contributed by atoms with van der Waals surface area (Å²) in [5, 5.41) is 30.1. The number of ketones is 2. The van der Waals surface area contributed by atoms with Gasteiger partial charge in [0.1, 0.15) is 0 Å². The van der Waals surface area contributed by atoms with E-state index < -0.39 is 0 Å². The van der Waals surface area contributed by atoms with Crippen LogP contribution in [-0.2, 0) is 26.4 Å². The minimum absolute atomic E-state index is 0. The van der Waals surface area contributed by atoms with E-state index in [-0.39, 0.29) is 62.6 Å². The normalized spacial score (nSPS) is 27.4. The van der Waals surface area contributed by atoms with Crippen molar-refractivity contribution in [2.24, 2.45) is 0 Å². The van der Waals surface area contributed by atoms with Gasteiger partial charge in [-0.25, -0.2) is 0 Å². The molecule has 4 rings (SSSR count). The second-order valence-electron chi connectivity index (χ2n) is 13.8. The molecule has 2 aliphatic carbocycles. The van der Waals surface area contributed by atoms with Crippen molar-refractivity contribution in [1.29, 1.82) is 0 Å². The molecule has 0 aromatic carbocycles. The molecule has 0 saturated carbocycles. The number of rotatable bonds is 4. The summed E-state index contributed by atoms with van der Waals surface area (Å²) in [7, 11) is 0. The van der Waals surface area contributed by atoms with Gasteiger partial charge in [0.05, 0.1) is 0 Å². The van der Waals surface area contributed by atoms with Gasteiger partial charge in [0.25, 0.3) is 0 Å². The Kier molecular flexibility index (Phi) is 11.4. The summed E-state index contributed by atoms with van der Waals surface area (Å²) >= 11 is 0. The third-order valence-electron chi connectivity index (χ3n) is 8.06. The van der Waals surface area contributed by atoms with Crippen LogP contribution in [0.1, 0.15) is 81.1 Å². The third kappa shape index (κ3) is 8.86. The number of nitrogens with one attached hydrogen (secondary N) is 2. The summed E-state index contributed by atoms with van der Waals surface area (Å²) in [4.78, 5) is 23.4. The first-order chi connectivity index (χ1) is 18.4. The molecular formula is C32H48CoN4O4. The van der Waals surface area contributed by atoms with Crippen molar-refractivity contribution >= 4 is 11.6 Å². The predicted octanol–water partition coefficient (Wildman–Crippen LogP) is 5.13. The Morgan fingerprint density at radius 1 is 0.610 bits per heavy atom. The summed E-state index contributed by atoms with van der Waals surface area (Å²) < 4.78 is 0. The Labute approximate surface area is 256 Å². The maximum absolute atomic E-state index is 11.7. The Morgan fingerprint density at radius 3 is 1.15 bits per heavy atom. The quantitative estimate of drug-likeness (QED) is 0.325.